The Morgan fingerprint density at radius 3 is 2.76 bits per heavy atom. The van der Waals surface area contributed by atoms with E-state index in [2.05, 4.69) is 11.8 Å². The first-order chi connectivity index (χ1) is 11.9. The van der Waals surface area contributed by atoms with E-state index in [1.807, 2.05) is 37.3 Å². The monoisotopic (exact) mass is 342 g/mol. The standard InChI is InChI=1S/C19H22N2O4/c1-11-8-13(25-17(11)19(23)24-3)10-21-12(2)9-15(18(20)22)14-6-4-5-7-16(14)21/h4-8,12,15H,9-10H2,1-3H3,(H2,20,22)/t12-,15-/m0/s1. The maximum Gasteiger partial charge on any atom is 0.374 e. The highest BCUT2D eigenvalue weighted by Crippen LogP contribution is 2.39. The van der Waals surface area contributed by atoms with Gasteiger partial charge in [-0.1, -0.05) is 18.2 Å². The molecule has 2 atom stereocenters. The maximum atomic E-state index is 11.8. The van der Waals surface area contributed by atoms with Gasteiger partial charge in [0, 0.05) is 17.3 Å². The molecule has 1 aliphatic rings. The van der Waals surface area contributed by atoms with E-state index in [1.54, 1.807) is 0 Å². The summed E-state index contributed by atoms with van der Waals surface area (Å²) in [7, 11) is 1.33. The Morgan fingerprint density at radius 2 is 2.08 bits per heavy atom. The summed E-state index contributed by atoms with van der Waals surface area (Å²) in [6.45, 7) is 4.38. The topological polar surface area (TPSA) is 85.8 Å². The number of anilines is 1. The third kappa shape index (κ3) is 3.12. The number of carbonyl (C=O) groups excluding carboxylic acids is 2. The largest absolute Gasteiger partial charge is 0.463 e. The Labute approximate surface area is 146 Å². The second kappa shape index (κ2) is 6.63. The van der Waals surface area contributed by atoms with E-state index in [0.717, 1.165) is 16.8 Å². The van der Waals surface area contributed by atoms with Crippen LogP contribution in [0, 0.1) is 6.92 Å². The summed E-state index contributed by atoms with van der Waals surface area (Å²) in [5, 5.41) is 0. The predicted molar refractivity (Wildman–Crippen MR) is 93.4 cm³/mol. The van der Waals surface area contributed by atoms with E-state index in [9.17, 15) is 9.59 Å². The minimum absolute atomic E-state index is 0.111. The summed E-state index contributed by atoms with van der Waals surface area (Å²) in [5.41, 5.74) is 8.24. The van der Waals surface area contributed by atoms with Crippen LogP contribution in [-0.2, 0) is 16.1 Å². The number of amides is 1. The minimum Gasteiger partial charge on any atom is -0.463 e. The minimum atomic E-state index is -0.482. The fourth-order valence-electron chi connectivity index (χ4n) is 3.48. The first-order valence-electron chi connectivity index (χ1n) is 8.25. The normalized spacial score (nSPS) is 19.4. The Morgan fingerprint density at radius 1 is 1.36 bits per heavy atom. The molecule has 1 amide bonds. The van der Waals surface area contributed by atoms with Crippen molar-refractivity contribution in [2.24, 2.45) is 5.73 Å². The van der Waals surface area contributed by atoms with E-state index in [0.29, 0.717) is 18.7 Å². The van der Waals surface area contributed by atoms with Crippen molar-refractivity contribution in [2.75, 3.05) is 12.0 Å². The average Bonchev–Trinajstić information content (AvgIpc) is 2.96. The molecule has 0 spiro atoms. The smallest absolute Gasteiger partial charge is 0.374 e. The van der Waals surface area contributed by atoms with E-state index in [-0.39, 0.29) is 23.6 Å². The van der Waals surface area contributed by atoms with Crippen LogP contribution in [0.4, 0.5) is 5.69 Å². The number of fused-ring (bicyclic) bond motifs is 1. The highest BCUT2D eigenvalue weighted by atomic mass is 16.5. The maximum absolute atomic E-state index is 11.8. The van der Waals surface area contributed by atoms with E-state index in [1.165, 1.54) is 7.11 Å². The van der Waals surface area contributed by atoms with Crippen molar-refractivity contribution in [1.29, 1.82) is 0 Å². The number of methoxy groups -OCH3 is 1. The number of nitrogens with two attached hydrogens (primary N) is 1. The molecule has 0 saturated carbocycles. The highest BCUT2D eigenvalue weighted by molar-refractivity contribution is 5.88. The molecule has 0 saturated heterocycles. The number of ether oxygens (including phenoxy) is 1. The van der Waals surface area contributed by atoms with Gasteiger partial charge in [-0.3, -0.25) is 4.79 Å². The van der Waals surface area contributed by atoms with Crippen LogP contribution >= 0.6 is 0 Å². The molecule has 1 aliphatic heterocycles. The van der Waals surface area contributed by atoms with Crippen LogP contribution in [0.2, 0.25) is 0 Å². The van der Waals surface area contributed by atoms with Crippen molar-refractivity contribution >= 4 is 17.6 Å². The number of aryl methyl sites for hydroxylation is 1. The summed E-state index contributed by atoms with van der Waals surface area (Å²) in [4.78, 5) is 25.7. The van der Waals surface area contributed by atoms with Gasteiger partial charge < -0.3 is 19.8 Å². The molecule has 132 valence electrons. The molecular weight excluding hydrogens is 320 g/mol. The number of rotatable bonds is 4. The summed E-state index contributed by atoms with van der Waals surface area (Å²) in [5.74, 6) is -0.167. The van der Waals surface area contributed by atoms with Gasteiger partial charge in [-0.05, 0) is 38.0 Å². The predicted octanol–water partition coefficient (Wildman–Crippen LogP) is 2.74. The van der Waals surface area contributed by atoms with Crippen LogP contribution in [0.3, 0.4) is 0 Å². The number of primary amides is 1. The van der Waals surface area contributed by atoms with Crippen LogP contribution < -0.4 is 10.6 Å². The highest BCUT2D eigenvalue weighted by Gasteiger charge is 2.33. The summed E-state index contributed by atoms with van der Waals surface area (Å²) in [6, 6.07) is 9.74. The van der Waals surface area contributed by atoms with Gasteiger partial charge in [0.05, 0.1) is 19.6 Å². The third-order valence-corrected chi connectivity index (χ3v) is 4.74. The number of benzene rings is 1. The molecule has 0 fully saturated rings. The van der Waals surface area contributed by atoms with Gasteiger partial charge in [0.15, 0.2) is 0 Å². The summed E-state index contributed by atoms with van der Waals surface area (Å²) >= 11 is 0. The number of hydrogen-bond acceptors (Lipinski definition) is 5. The molecule has 2 aromatic rings. The summed E-state index contributed by atoms with van der Waals surface area (Å²) in [6.07, 6.45) is 0.649. The number of esters is 1. The number of furan rings is 1. The molecular formula is C19H22N2O4. The number of para-hydroxylation sites is 1. The van der Waals surface area contributed by atoms with Gasteiger partial charge in [-0.25, -0.2) is 4.79 Å². The molecule has 0 aliphatic carbocycles. The lowest BCUT2D eigenvalue weighted by Crippen LogP contribution is -2.41. The molecule has 25 heavy (non-hydrogen) atoms. The first kappa shape index (κ1) is 17.1. The second-order valence-electron chi connectivity index (χ2n) is 6.44. The molecule has 3 rings (SSSR count). The van der Waals surface area contributed by atoms with Crippen molar-refractivity contribution < 1.29 is 18.7 Å². The fraction of sp³-hybridized carbons (Fsp3) is 0.368. The van der Waals surface area contributed by atoms with Crippen molar-refractivity contribution in [3.8, 4) is 0 Å². The molecule has 0 bridgehead atoms. The molecule has 6 nitrogen and oxygen atoms in total. The number of hydrogen-bond donors (Lipinski definition) is 1. The van der Waals surface area contributed by atoms with Gasteiger partial charge in [-0.2, -0.15) is 0 Å². The Kier molecular flexibility index (Phi) is 4.53. The van der Waals surface area contributed by atoms with Crippen LogP contribution in [0.5, 0.6) is 0 Å². The summed E-state index contributed by atoms with van der Waals surface area (Å²) < 4.78 is 10.4. The molecule has 6 heteroatoms. The zero-order chi connectivity index (χ0) is 18.1. The molecule has 0 radical (unpaired) electrons. The van der Waals surface area contributed by atoms with Gasteiger partial charge in [0.2, 0.25) is 11.7 Å². The van der Waals surface area contributed by atoms with Gasteiger partial charge >= 0.3 is 5.97 Å². The number of carbonyl (C=O) groups is 2. The Balaban J connectivity index is 1.93. The fourth-order valence-corrected chi connectivity index (χ4v) is 3.48. The van der Waals surface area contributed by atoms with E-state index in [4.69, 9.17) is 14.9 Å². The van der Waals surface area contributed by atoms with Crippen molar-refractivity contribution in [1.82, 2.24) is 0 Å². The lowest BCUT2D eigenvalue weighted by atomic mass is 9.85. The molecule has 2 N–H and O–H groups in total. The van der Waals surface area contributed by atoms with Gasteiger partial charge in [-0.15, -0.1) is 0 Å². The molecule has 0 unspecified atom stereocenters. The van der Waals surface area contributed by atoms with Crippen LogP contribution in [-0.4, -0.2) is 25.0 Å². The zero-order valence-electron chi connectivity index (χ0n) is 14.6. The molecule has 2 heterocycles. The first-order valence-corrected chi connectivity index (χ1v) is 8.25. The van der Waals surface area contributed by atoms with Crippen LogP contribution in [0.15, 0.2) is 34.7 Å². The third-order valence-electron chi connectivity index (χ3n) is 4.74. The SMILES string of the molecule is COC(=O)c1oc(CN2c3ccccc3[C@@H](C(N)=O)C[C@@H]2C)cc1C. The average molecular weight is 342 g/mol. The zero-order valence-corrected chi connectivity index (χ0v) is 14.6. The van der Waals surface area contributed by atoms with E-state index < -0.39 is 5.97 Å². The molecule has 1 aromatic heterocycles. The van der Waals surface area contributed by atoms with Crippen molar-refractivity contribution in [3.63, 3.8) is 0 Å². The molecule has 1 aromatic carbocycles. The second-order valence-corrected chi connectivity index (χ2v) is 6.44. The van der Waals surface area contributed by atoms with Crippen molar-refractivity contribution in [3.05, 3.63) is 53.0 Å². The lowest BCUT2D eigenvalue weighted by molar-refractivity contribution is -0.119. The van der Waals surface area contributed by atoms with Gasteiger partial charge in [0.1, 0.15) is 5.76 Å². The lowest BCUT2D eigenvalue weighted by Gasteiger charge is -2.39. The quantitative estimate of drug-likeness (QED) is 0.864. The van der Waals surface area contributed by atoms with Gasteiger partial charge in [0.25, 0.3) is 0 Å². The Hall–Kier alpha value is -2.76. The number of nitrogens with zero attached hydrogens (tertiary/aromatic N) is 1. The van der Waals surface area contributed by atoms with E-state index >= 15 is 0 Å². The van der Waals surface area contributed by atoms with Crippen LogP contribution in [0.25, 0.3) is 0 Å². The Bertz CT molecular complexity index is 812. The van der Waals surface area contributed by atoms with Crippen molar-refractivity contribution in [2.45, 2.75) is 38.8 Å². The van der Waals surface area contributed by atoms with Crippen LogP contribution in [0.1, 0.15) is 46.7 Å².